The molecule has 2 aromatic carbocycles. The molecule has 0 aliphatic rings. The third kappa shape index (κ3) is 10.1. The summed E-state index contributed by atoms with van der Waals surface area (Å²) >= 11 is 1.56. The van der Waals surface area contributed by atoms with Crippen molar-refractivity contribution in [3.05, 3.63) is 65.7 Å². The first-order valence-electron chi connectivity index (χ1n) is 11.8. The van der Waals surface area contributed by atoms with Gasteiger partial charge in [0.1, 0.15) is 23.9 Å². The van der Waals surface area contributed by atoms with Gasteiger partial charge in [-0.3, -0.25) is 14.4 Å². The smallest absolute Gasteiger partial charge is 0.326 e. The highest BCUT2D eigenvalue weighted by Crippen LogP contribution is 2.12. The van der Waals surface area contributed by atoms with Crippen molar-refractivity contribution in [2.45, 2.75) is 50.4 Å². The number of rotatable bonds is 14. The molecule has 0 spiro atoms. The Morgan fingerprint density at radius 2 is 1.41 bits per heavy atom. The van der Waals surface area contributed by atoms with Crippen LogP contribution < -0.4 is 21.7 Å². The Morgan fingerprint density at radius 1 is 0.838 bits per heavy atom. The second-order valence-electron chi connectivity index (χ2n) is 8.64. The highest BCUT2D eigenvalue weighted by Gasteiger charge is 2.29. The number of carboxylic acids is 1. The molecule has 0 aliphatic heterocycles. The molecular formula is C26H34N4O6S. The van der Waals surface area contributed by atoms with Gasteiger partial charge in [0.15, 0.2) is 0 Å². The Balaban J connectivity index is 2.12. The molecular weight excluding hydrogens is 496 g/mol. The van der Waals surface area contributed by atoms with E-state index in [0.29, 0.717) is 17.7 Å². The van der Waals surface area contributed by atoms with Crippen LogP contribution in [-0.4, -0.2) is 70.1 Å². The third-order valence-corrected chi connectivity index (χ3v) is 6.27. The Hall–Kier alpha value is -3.57. The first-order valence-corrected chi connectivity index (χ1v) is 13.2. The summed E-state index contributed by atoms with van der Waals surface area (Å²) in [6.07, 6.45) is 2.45. The van der Waals surface area contributed by atoms with Crippen LogP contribution in [0.5, 0.6) is 5.75 Å². The summed E-state index contributed by atoms with van der Waals surface area (Å²) in [5, 5.41) is 26.8. The molecule has 10 nitrogen and oxygen atoms in total. The lowest BCUT2D eigenvalue weighted by Crippen LogP contribution is -2.57. The van der Waals surface area contributed by atoms with Crippen LogP contribution in [0.4, 0.5) is 0 Å². The Morgan fingerprint density at radius 3 is 2.00 bits per heavy atom. The number of nitrogens with one attached hydrogen (secondary N) is 3. The van der Waals surface area contributed by atoms with Gasteiger partial charge in [0.05, 0.1) is 6.04 Å². The first-order chi connectivity index (χ1) is 17.6. The van der Waals surface area contributed by atoms with E-state index in [0.717, 1.165) is 5.56 Å². The normalized spacial score (nSPS) is 14.0. The van der Waals surface area contributed by atoms with E-state index in [9.17, 15) is 29.4 Å². The van der Waals surface area contributed by atoms with Crippen molar-refractivity contribution in [1.29, 1.82) is 0 Å². The summed E-state index contributed by atoms with van der Waals surface area (Å²) in [6.45, 7) is 1.48. The average Bonchev–Trinajstić information content (AvgIpc) is 2.87. The fraction of sp³-hybridized carbons (Fsp3) is 0.385. The molecule has 37 heavy (non-hydrogen) atoms. The zero-order chi connectivity index (χ0) is 27.4. The number of aromatic hydroxyl groups is 1. The summed E-state index contributed by atoms with van der Waals surface area (Å²) in [6, 6.07) is 10.9. The van der Waals surface area contributed by atoms with Gasteiger partial charge in [-0.15, -0.1) is 0 Å². The largest absolute Gasteiger partial charge is 0.508 e. The Bertz CT molecular complexity index is 1050. The predicted molar refractivity (Wildman–Crippen MR) is 142 cm³/mol. The summed E-state index contributed by atoms with van der Waals surface area (Å²) in [5.41, 5.74) is 7.22. The number of carbonyl (C=O) groups excluding carboxylic acids is 3. The molecule has 0 aliphatic carbocycles. The van der Waals surface area contributed by atoms with Crippen molar-refractivity contribution in [3.63, 3.8) is 0 Å². The quantitative estimate of drug-likeness (QED) is 0.208. The number of carboxylic acid groups (broad SMARTS) is 1. The maximum absolute atomic E-state index is 13.2. The van der Waals surface area contributed by atoms with E-state index < -0.39 is 47.9 Å². The monoisotopic (exact) mass is 530 g/mol. The van der Waals surface area contributed by atoms with E-state index in [4.69, 9.17) is 5.73 Å². The number of nitrogens with two attached hydrogens (primary N) is 1. The number of carbonyl (C=O) groups is 4. The van der Waals surface area contributed by atoms with Crippen LogP contribution in [0.2, 0.25) is 0 Å². The lowest BCUT2D eigenvalue weighted by atomic mass is 10.0. The standard InChI is InChI=1S/C26H34N4O6S/c1-16(28-24(33)20(27)12-13-37-2)23(32)29-21(14-17-6-4-3-5-7-17)25(34)30-22(26(35)36)15-18-8-10-19(31)11-9-18/h3-11,16,20-22,31H,12-15,27H2,1-2H3,(H,28,33)(H,29,32)(H,30,34)(H,35,36). The molecule has 4 atom stereocenters. The van der Waals surface area contributed by atoms with Gasteiger partial charge in [-0.1, -0.05) is 42.5 Å². The minimum absolute atomic E-state index is 0.0201. The van der Waals surface area contributed by atoms with E-state index in [1.807, 2.05) is 12.3 Å². The number of thioether (sulfide) groups is 1. The van der Waals surface area contributed by atoms with Crippen LogP contribution >= 0.6 is 11.8 Å². The second-order valence-corrected chi connectivity index (χ2v) is 9.62. The van der Waals surface area contributed by atoms with Crippen molar-refractivity contribution in [3.8, 4) is 5.75 Å². The van der Waals surface area contributed by atoms with Crippen molar-refractivity contribution >= 4 is 35.5 Å². The molecule has 2 rings (SSSR count). The molecule has 0 fully saturated rings. The topological polar surface area (TPSA) is 171 Å². The summed E-state index contributed by atoms with van der Waals surface area (Å²) in [7, 11) is 0. The van der Waals surface area contributed by atoms with Crippen molar-refractivity contribution in [2.24, 2.45) is 5.73 Å². The van der Waals surface area contributed by atoms with Gasteiger partial charge >= 0.3 is 5.97 Å². The van der Waals surface area contributed by atoms with E-state index in [-0.39, 0.29) is 18.6 Å². The highest BCUT2D eigenvalue weighted by atomic mass is 32.2. The molecule has 0 bridgehead atoms. The maximum atomic E-state index is 13.2. The number of benzene rings is 2. The van der Waals surface area contributed by atoms with Gasteiger partial charge in [-0.2, -0.15) is 11.8 Å². The third-order valence-electron chi connectivity index (χ3n) is 5.63. The van der Waals surface area contributed by atoms with Crippen molar-refractivity contribution < 1.29 is 29.4 Å². The molecule has 0 aromatic heterocycles. The molecule has 4 unspecified atom stereocenters. The number of hydrogen-bond donors (Lipinski definition) is 6. The summed E-state index contributed by atoms with van der Waals surface area (Å²) in [4.78, 5) is 50.2. The molecule has 2 aromatic rings. The van der Waals surface area contributed by atoms with Gasteiger partial charge < -0.3 is 31.9 Å². The minimum atomic E-state index is -1.27. The average molecular weight is 531 g/mol. The van der Waals surface area contributed by atoms with Crippen molar-refractivity contribution in [2.75, 3.05) is 12.0 Å². The summed E-state index contributed by atoms with van der Waals surface area (Å²) in [5.74, 6) is -2.27. The Kier molecular flexibility index (Phi) is 11.9. The number of aliphatic carboxylic acids is 1. The predicted octanol–water partition coefficient (Wildman–Crippen LogP) is 0.817. The van der Waals surface area contributed by atoms with E-state index in [2.05, 4.69) is 16.0 Å². The van der Waals surface area contributed by atoms with Crippen LogP contribution in [0.1, 0.15) is 24.5 Å². The zero-order valence-corrected chi connectivity index (χ0v) is 21.7. The lowest BCUT2D eigenvalue weighted by Gasteiger charge is -2.24. The Labute approximate surface area is 220 Å². The molecule has 0 heterocycles. The number of amides is 3. The van der Waals surface area contributed by atoms with E-state index in [1.165, 1.54) is 19.1 Å². The van der Waals surface area contributed by atoms with E-state index in [1.54, 1.807) is 48.2 Å². The fourth-order valence-corrected chi connectivity index (χ4v) is 3.95. The van der Waals surface area contributed by atoms with Gasteiger partial charge in [0.25, 0.3) is 0 Å². The van der Waals surface area contributed by atoms with Gasteiger partial charge in [0.2, 0.25) is 17.7 Å². The van der Waals surface area contributed by atoms with E-state index >= 15 is 0 Å². The highest BCUT2D eigenvalue weighted by molar-refractivity contribution is 7.98. The SMILES string of the molecule is CSCCC(N)C(=O)NC(C)C(=O)NC(Cc1ccccc1)C(=O)NC(Cc1ccc(O)cc1)C(=O)O. The van der Waals surface area contributed by atoms with Crippen LogP contribution in [0, 0.1) is 0 Å². The van der Waals surface area contributed by atoms with Gasteiger partial charge in [-0.05, 0) is 48.6 Å². The molecule has 0 saturated heterocycles. The molecule has 200 valence electrons. The molecule has 3 amide bonds. The van der Waals surface area contributed by atoms with Crippen LogP contribution in [0.15, 0.2) is 54.6 Å². The van der Waals surface area contributed by atoms with Crippen LogP contribution in [0.3, 0.4) is 0 Å². The first kappa shape index (κ1) is 29.7. The minimum Gasteiger partial charge on any atom is -0.508 e. The van der Waals surface area contributed by atoms with Crippen molar-refractivity contribution in [1.82, 2.24) is 16.0 Å². The van der Waals surface area contributed by atoms with Gasteiger partial charge in [-0.25, -0.2) is 4.79 Å². The fourth-order valence-electron chi connectivity index (χ4n) is 3.46. The maximum Gasteiger partial charge on any atom is 0.326 e. The van der Waals surface area contributed by atoms with Crippen LogP contribution in [-0.2, 0) is 32.0 Å². The number of phenols is 1. The molecule has 0 saturated carbocycles. The molecule has 11 heteroatoms. The second kappa shape index (κ2) is 14.9. The lowest BCUT2D eigenvalue weighted by molar-refractivity contribution is -0.142. The number of hydrogen-bond acceptors (Lipinski definition) is 7. The summed E-state index contributed by atoms with van der Waals surface area (Å²) < 4.78 is 0. The van der Waals surface area contributed by atoms with Crippen LogP contribution in [0.25, 0.3) is 0 Å². The molecule has 0 radical (unpaired) electrons. The van der Waals surface area contributed by atoms with Gasteiger partial charge in [0, 0.05) is 12.8 Å². The zero-order valence-electron chi connectivity index (χ0n) is 20.8. The number of phenolic OH excluding ortho intramolecular Hbond substituents is 1. The molecule has 7 N–H and O–H groups in total.